The van der Waals surface area contributed by atoms with Crippen LogP contribution >= 0.6 is 0 Å². The van der Waals surface area contributed by atoms with Crippen molar-refractivity contribution in [3.63, 3.8) is 0 Å². The molecule has 0 saturated heterocycles. The van der Waals surface area contributed by atoms with Gasteiger partial charge in [0.15, 0.2) is 0 Å². The molecular formula is C8H10N4O4. The predicted molar refractivity (Wildman–Crippen MR) is 53.7 cm³/mol. The van der Waals surface area contributed by atoms with Gasteiger partial charge < -0.3 is 16.2 Å². The van der Waals surface area contributed by atoms with Gasteiger partial charge in [-0.25, -0.2) is 9.78 Å². The topological polar surface area (TPSA) is 138 Å². The quantitative estimate of drug-likeness (QED) is 0.493. The minimum atomic E-state index is -1.27. The van der Waals surface area contributed by atoms with Crippen LogP contribution in [0.5, 0.6) is 0 Å². The molecule has 0 bridgehead atoms. The molecule has 0 fully saturated rings. The van der Waals surface area contributed by atoms with Crippen molar-refractivity contribution < 1.29 is 14.7 Å². The number of hydrogen-bond donors (Lipinski definition) is 4. The first-order valence-electron chi connectivity index (χ1n) is 4.32. The third-order valence-electron chi connectivity index (χ3n) is 1.67. The molecule has 1 amide bonds. The van der Waals surface area contributed by atoms with E-state index < -0.39 is 23.6 Å². The fourth-order valence-electron chi connectivity index (χ4n) is 0.930. The summed E-state index contributed by atoms with van der Waals surface area (Å²) >= 11 is 0. The van der Waals surface area contributed by atoms with Crippen molar-refractivity contribution in [1.82, 2.24) is 9.97 Å². The van der Waals surface area contributed by atoms with Gasteiger partial charge in [0.25, 0.3) is 0 Å². The van der Waals surface area contributed by atoms with E-state index in [1.807, 2.05) is 0 Å². The highest BCUT2D eigenvalue weighted by atomic mass is 16.4. The van der Waals surface area contributed by atoms with Gasteiger partial charge >= 0.3 is 11.7 Å². The summed E-state index contributed by atoms with van der Waals surface area (Å²) in [6.07, 6.45) is 0.839. The average Bonchev–Trinajstić information content (AvgIpc) is 2.16. The van der Waals surface area contributed by atoms with Crippen molar-refractivity contribution in [2.24, 2.45) is 5.73 Å². The number of carbonyl (C=O) groups excluding carboxylic acids is 1. The number of amides is 1. The Hall–Kier alpha value is -2.22. The zero-order valence-corrected chi connectivity index (χ0v) is 8.14. The summed E-state index contributed by atoms with van der Waals surface area (Å²) in [6, 6.07) is 0.0968. The van der Waals surface area contributed by atoms with E-state index in [9.17, 15) is 14.4 Å². The number of aromatic amines is 1. The number of nitrogens with two attached hydrogens (primary N) is 1. The lowest BCUT2D eigenvalue weighted by atomic mass is 10.2. The van der Waals surface area contributed by atoms with Gasteiger partial charge in [-0.1, -0.05) is 0 Å². The van der Waals surface area contributed by atoms with E-state index >= 15 is 0 Å². The molecule has 1 aromatic rings. The maximum Gasteiger partial charge on any atom is 0.346 e. The highest BCUT2D eigenvalue weighted by molar-refractivity contribution is 5.93. The molecule has 86 valence electrons. The molecule has 0 radical (unpaired) electrons. The maximum absolute atomic E-state index is 11.2. The lowest BCUT2D eigenvalue weighted by Gasteiger charge is -2.06. The molecule has 16 heavy (non-hydrogen) atoms. The molecule has 8 nitrogen and oxygen atoms in total. The summed E-state index contributed by atoms with van der Waals surface area (Å²) in [5, 5.41) is 10.8. The number of anilines is 1. The van der Waals surface area contributed by atoms with Gasteiger partial charge in [0, 0.05) is 6.20 Å². The monoisotopic (exact) mass is 226 g/mol. The summed E-state index contributed by atoms with van der Waals surface area (Å²) in [5.74, 6) is -1.72. The zero-order valence-electron chi connectivity index (χ0n) is 8.14. The molecule has 1 rings (SSSR count). The highest BCUT2D eigenvalue weighted by Gasteiger charge is 2.16. The molecule has 0 saturated carbocycles. The Morgan fingerprint density at radius 2 is 2.31 bits per heavy atom. The number of nitrogens with one attached hydrogen (secondary N) is 2. The van der Waals surface area contributed by atoms with Gasteiger partial charge in [-0.3, -0.25) is 14.6 Å². The summed E-state index contributed by atoms with van der Waals surface area (Å²) in [6.45, 7) is 0. The van der Waals surface area contributed by atoms with Crippen molar-refractivity contribution >= 4 is 17.7 Å². The Morgan fingerprint density at radius 3 is 2.88 bits per heavy atom. The number of carboxylic acids is 1. The van der Waals surface area contributed by atoms with Crippen molar-refractivity contribution in [2.75, 3.05) is 5.32 Å². The van der Waals surface area contributed by atoms with E-state index in [1.165, 1.54) is 12.3 Å². The Balaban J connectivity index is 2.58. The number of H-pyrrole nitrogens is 1. The molecule has 1 heterocycles. The van der Waals surface area contributed by atoms with Crippen molar-refractivity contribution in [2.45, 2.75) is 12.5 Å². The number of hydrogen-bond acceptors (Lipinski definition) is 5. The Labute approximate surface area is 89.5 Å². The van der Waals surface area contributed by atoms with Crippen LogP contribution in [0.1, 0.15) is 6.42 Å². The first-order chi connectivity index (χ1) is 7.49. The fourth-order valence-corrected chi connectivity index (χ4v) is 0.930. The van der Waals surface area contributed by atoms with Crippen molar-refractivity contribution in [3.05, 3.63) is 22.7 Å². The van der Waals surface area contributed by atoms with Gasteiger partial charge in [-0.05, 0) is 6.07 Å². The van der Waals surface area contributed by atoms with Crippen molar-refractivity contribution in [3.8, 4) is 0 Å². The average molecular weight is 226 g/mol. The second-order valence-electron chi connectivity index (χ2n) is 2.99. The fraction of sp³-hybridized carbons (Fsp3) is 0.250. The van der Waals surface area contributed by atoms with Crippen LogP contribution in [0, 0.1) is 0 Å². The maximum atomic E-state index is 11.2. The standard InChI is InChI=1S/C8H10N4O4/c9-4(7(14)15)3-6(13)11-5-1-2-10-8(16)12-5/h1-2,4H,3,9H2,(H,14,15)(H2,10,11,12,13,16). The number of carbonyl (C=O) groups is 2. The van der Waals surface area contributed by atoms with Crippen LogP contribution in [-0.4, -0.2) is 33.0 Å². The SMILES string of the molecule is NC(CC(=O)Nc1ccnc(=O)[nH]1)C(=O)O. The Morgan fingerprint density at radius 1 is 1.62 bits per heavy atom. The largest absolute Gasteiger partial charge is 0.480 e. The second kappa shape index (κ2) is 5.03. The smallest absolute Gasteiger partial charge is 0.346 e. The molecule has 0 aliphatic carbocycles. The molecule has 0 spiro atoms. The third kappa shape index (κ3) is 3.50. The van der Waals surface area contributed by atoms with E-state index in [1.54, 1.807) is 0 Å². The van der Waals surface area contributed by atoms with Crippen LogP contribution in [0.25, 0.3) is 0 Å². The van der Waals surface area contributed by atoms with Crippen molar-refractivity contribution in [1.29, 1.82) is 0 Å². The summed E-state index contributed by atoms with van der Waals surface area (Å²) in [4.78, 5) is 38.0. The third-order valence-corrected chi connectivity index (χ3v) is 1.67. The first kappa shape index (κ1) is 11.9. The molecule has 8 heteroatoms. The molecule has 0 aromatic carbocycles. The lowest BCUT2D eigenvalue weighted by Crippen LogP contribution is -2.34. The minimum Gasteiger partial charge on any atom is -0.480 e. The van der Waals surface area contributed by atoms with Gasteiger partial charge in [0.2, 0.25) is 5.91 Å². The molecule has 1 unspecified atom stereocenters. The lowest BCUT2D eigenvalue weighted by molar-refractivity contribution is -0.140. The van der Waals surface area contributed by atoms with Gasteiger partial charge in [-0.2, -0.15) is 0 Å². The van der Waals surface area contributed by atoms with Crippen LogP contribution < -0.4 is 16.7 Å². The molecule has 5 N–H and O–H groups in total. The van der Waals surface area contributed by atoms with E-state index in [-0.39, 0.29) is 12.2 Å². The van der Waals surface area contributed by atoms with Crippen LogP contribution in [0.3, 0.4) is 0 Å². The van der Waals surface area contributed by atoms with E-state index in [2.05, 4.69) is 15.3 Å². The minimum absolute atomic E-state index is 0.141. The van der Waals surface area contributed by atoms with Crippen LogP contribution in [0.4, 0.5) is 5.82 Å². The summed E-state index contributed by atoms with van der Waals surface area (Å²) in [5.41, 5.74) is 4.55. The van der Waals surface area contributed by atoms with Gasteiger partial charge in [0.1, 0.15) is 11.9 Å². The van der Waals surface area contributed by atoms with E-state index in [0.717, 1.165) is 0 Å². The molecular weight excluding hydrogens is 216 g/mol. The van der Waals surface area contributed by atoms with Crippen LogP contribution in [-0.2, 0) is 9.59 Å². The zero-order chi connectivity index (χ0) is 12.1. The number of nitrogens with zero attached hydrogens (tertiary/aromatic N) is 1. The summed E-state index contributed by atoms with van der Waals surface area (Å²) in [7, 11) is 0. The van der Waals surface area contributed by atoms with Crippen LogP contribution in [0.2, 0.25) is 0 Å². The highest BCUT2D eigenvalue weighted by Crippen LogP contribution is 1.98. The number of carboxylic acid groups (broad SMARTS) is 1. The predicted octanol–water partition coefficient (Wildman–Crippen LogP) is -1.49. The number of aliphatic carboxylic acids is 1. The first-order valence-corrected chi connectivity index (χ1v) is 4.32. The van der Waals surface area contributed by atoms with Gasteiger partial charge in [-0.15, -0.1) is 0 Å². The molecule has 1 atom stereocenters. The molecule has 1 aromatic heterocycles. The molecule has 0 aliphatic rings. The summed E-state index contributed by atoms with van der Waals surface area (Å²) < 4.78 is 0. The molecule has 0 aliphatic heterocycles. The number of rotatable bonds is 4. The Kier molecular flexibility index (Phi) is 3.72. The second-order valence-corrected chi connectivity index (χ2v) is 2.99. The van der Waals surface area contributed by atoms with E-state index in [0.29, 0.717) is 0 Å². The van der Waals surface area contributed by atoms with Crippen LogP contribution in [0.15, 0.2) is 17.1 Å². The Bertz CT molecular complexity index is 455. The van der Waals surface area contributed by atoms with Gasteiger partial charge in [0.05, 0.1) is 6.42 Å². The normalized spacial score (nSPS) is 11.8. The van der Waals surface area contributed by atoms with E-state index in [4.69, 9.17) is 10.8 Å². The number of aromatic nitrogens is 2.